The van der Waals surface area contributed by atoms with Crippen molar-refractivity contribution < 1.29 is 9.53 Å². The Balaban J connectivity index is 1.26. The van der Waals surface area contributed by atoms with Gasteiger partial charge in [-0.25, -0.2) is 19.7 Å². The molecule has 210 valence electrons. The molecular formula is C28H36N10O2. The Morgan fingerprint density at radius 2 is 1.65 bits per heavy atom. The summed E-state index contributed by atoms with van der Waals surface area (Å²) in [5.41, 5.74) is 10.2. The molecule has 2 saturated heterocycles. The zero-order chi connectivity index (χ0) is 27.6. The lowest BCUT2D eigenvalue weighted by atomic mass is 10.1. The van der Waals surface area contributed by atoms with E-state index in [2.05, 4.69) is 43.7 Å². The number of benzene rings is 1. The van der Waals surface area contributed by atoms with Crippen LogP contribution in [0.1, 0.15) is 12.5 Å². The molecule has 12 heteroatoms. The van der Waals surface area contributed by atoms with Gasteiger partial charge in [-0.1, -0.05) is 6.92 Å². The summed E-state index contributed by atoms with van der Waals surface area (Å²) in [5.74, 6) is 1.41. The van der Waals surface area contributed by atoms with Crippen LogP contribution in [0.3, 0.4) is 0 Å². The van der Waals surface area contributed by atoms with Crippen LogP contribution in [0.15, 0.2) is 36.7 Å². The highest BCUT2D eigenvalue weighted by molar-refractivity contribution is 6.04. The van der Waals surface area contributed by atoms with E-state index in [0.717, 1.165) is 55.2 Å². The molecule has 5 heterocycles. The third kappa shape index (κ3) is 5.11. The van der Waals surface area contributed by atoms with Crippen molar-refractivity contribution >= 4 is 35.1 Å². The number of fused-ring (bicyclic) bond motifs is 1. The molecule has 0 atom stereocenters. The molecule has 6 rings (SSSR count). The number of ether oxygens (including phenoxy) is 1. The van der Waals surface area contributed by atoms with Gasteiger partial charge < -0.3 is 25.2 Å². The third-order valence-corrected chi connectivity index (χ3v) is 7.99. The molecule has 2 N–H and O–H groups in total. The van der Waals surface area contributed by atoms with Crippen molar-refractivity contribution in [1.29, 1.82) is 0 Å². The van der Waals surface area contributed by atoms with Crippen LogP contribution < -0.4 is 25.3 Å². The first kappa shape index (κ1) is 26.2. The zero-order valence-corrected chi connectivity index (χ0v) is 23.2. The van der Waals surface area contributed by atoms with E-state index in [4.69, 9.17) is 20.4 Å². The van der Waals surface area contributed by atoms with E-state index in [1.807, 2.05) is 19.2 Å². The van der Waals surface area contributed by atoms with Crippen LogP contribution in [0.25, 0.3) is 11.3 Å². The minimum Gasteiger partial charge on any atom is -0.378 e. The molecule has 12 nitrogen and oxygen atoms in total. The highest BCUT2D eigenvalue weighted by atomic mass is 16.5. The van der Waals surface area contributed by atoms with Crippen molar-refractivity contribution in [3.05, 3.63) is 42.2 Å². The maximum atomic E-state index is 13.8. The summed E-state index contributed by atoms with van der Waals surface area (Å²) >= 11 is 0. The normalized spacial score (nSPS) is 17.7. The predicted molar refractivity (Wildman–Crippen MR) is 156 cm³/mol. The van der Waals surface area contributed by atoms with Crippen LogP contribution in [0.2, 0.25) is 0 Å². The molecule has 0 unspecified atom stereocenters. The molecule has 0 saturated carbocycles. The number of aromatic nitrogens is 4. The minimum absolute atomic E-state index is 0.130. The molecule has 1 aromatic carbocycles. The number of anilines is 5. The Bertz CT molecular complexity index is 1340. The number of morpholine rings is 1. The SMILES string of the molecule is CCN1CCN(c2ccc(N(C)C(=O)N3CCc4c(-c5cnc(N)nc5)nc(N5CCOCC5)nc43)cc2)CC1. The Labute approximate surface area is 234 Å². The van der Waals surface area contributed by atoms with Crippen molar-refractivity contribution in [2.45, 2.75) is 13.3 Å². The van der Waals surface area contributed by atoms with Crippen LogP contribution in [-0.4, -0.2) is 103 Å². The number of urea groups is 1. The maximum absolute atomic E-state index is 13.8. The number of hydrogen-bond acceptors (Lipinski definition) is 10. The van der Waals surface area contributed by atoms with Gasteiger partial charge in [0.25, 0.3) is 0 Å². The Morgan fingerprint density at radius 3 is 2.33 bits per heavy atom. The number of amides is 2. The van der Waals surface area contributed by atoms with Crippen molar-refractivity contribution in [3.8, 4) is 11.3 Å². The summed E-state index contributed by atoms with van der Waals surface area (Å²) in [6, 6.07) is 8.13. The van der Waals surface area contributed by atoms with Crippen molar-refractivity contribution in [2.24, 2.45) is 0 Å². The zero-order valence-electron chi connectivity index (χ0n) is 23.2. The molecule has 0 bridgehead atoms. The van der Waals surface area contributed by atoms with Gasteiger partial charge >= 0.3 is 6.03 Å². The third-order valence-electron chi connectivity index (χ3n) is 7.99. The first-order valence-corrected chi connectivity index (χ1v) is 14.0. The lowest BCUT2D eigenvalue weighted by Gasteiger charge is -2.35. The van der Waals surface area contributed by atoms with Gasteiger partial charge in [-0.3, -0.25) is 9.80 Å². The Morgan fingerprint density at radius 1 is 0.950 bits per heavy atom. The number of hydrogen-bond donors (Lipinski definition) is 1. The number of nitrogens with zero attached hydrogens (tertiary/aromatic N) is 9. The molecule has 0 aliphatic carbocycles. The number of carbonyl (C=O) groups is 1. The summed E-state index contributed by atoms with van der Waals surface area (Å²) in [6.07, 6.45) is 3.99. The second-order valence-electron chi connectivity index (χ2n) is 10.3. The summed E-state index contributed by atoms with van der Waals surface area (Å²) in [5, 5.41) is 0. The van der Waals surface area contributed by atoms with Crippen molar-refractivity contribution in [1.82, 2.24) is 24.8 Å². The van der Waals surface area contributed by atoms with Gasteiger partial charge in [0.05, 0.1) is 18.9 Å². The van der Waals surface area contributed by atoms with Gasteiger partial charge in [0, 0.05) is 87.8 Å². The van der Waals surface area contributed by atoms with Crippen LogP contribution in [0.4, 0.5) is 33.9 Å². The van der Waals surface area contributed by atoms with Gasteiger partial charge in [-0.2, -0.15) is 4.98 Å². The fourth-order valence-electron chi connectivity index (χ4n) is 5.53. The van der Waals surface area contributed by atoms with Gasteiger partial charge in [-0.15, -0.1) is 0 Å². The summed E-state index contributed by atoms with van der Waals surface area (Å²) in [6.45, 7) is 10.6. The fraction of sp³-hybridized carbons (Fsp3) is 0.464. The van der Waals surface area contributed by atoms with Crippen molar-refractivity contribution in [3.63, 3.8) is 0 Å². The first-order chi connectivity index (χ1) is 19.5. The van der Waals surface area contributed by atoms with E-state index in [1.54, 1.807) is 22.2 Å². The van der Waals surface area contributed by atoms with E-state index >= 15 is 0 Å². The van der Waals surface area contributed by atoms with E-state index in [0.29, 0.717) is 51.0 Å². The average molecular weight is 545 g/mol. The molecule has 0 spiro atoms. The molecule has 2 aromatic heterocycles. The lowest BCUT2D eigenvalue weighted by Crippen LogP contribution is -2.46. The maximum Gasteiger partial charge on any atom is 0.329 e. The van der Waals surface area contributed by atoms with E-state index in [9.17, 15) is 4.79 Å². The molecule has 40 heavy (non-hydrogen) atoms. The highest BCUT2D eigenvalue weighted by Crippen LogP contribution is 2.36. The summed E-state index contributed by atoms with van der Waals surface area (Å²) < 4.78 is 5.53. The predicted octanol–water partition coefficient (Wildman–Crippen LogP) is 2.11. The lowest BCUT2D eigenvalue weighted by molar-refractivity contribution is 0.122. The topological polar surface area (TPSA) is 120 Å². The average Bonchev–Trinajstić information content (AvgIpc) is 3.45. The van der Waals surface area contributed by atoms with Crippen molar-refractivity contribution in [2.75, 3.05) is 98.0 Å². The number of piperazine rings is 1. The number of nitrogens with two attached hydrogens (primary N) is 1. The quantitative estimate of drug-likeness (QED) is 0.511. The van der Waals surface area contributed by atoms with Crippen LogP contribution in [0, 0.1) is 0 Å². The number of likely N-dealkylation sites (N-methyl/N-ethyl adjacent to an activating group) is 1. The van der Waals surface area contributed by atoms with E-state index < -0.39 is 0 Å². The van der Waals surface area contributed by atoms with E-state index in [-0.39, 0.29) is 12.0 Å². The second kappa shape index (κ2) is 11.2. The van der Waals surface area contributed by atoms with Crippen LogP contribution in [0.5, 0.6) is 0 Å². The second-order valence-corrected chi connectivity index (χ2v) is 10.3. The monoisotopic (exact) mass is 544 g/mol. The molecule has 2 fully saturated rings. The molecular weight excluding hydrogens is 508 g/mol. The molecule has 0 radical (unpaired) electrons. The standard InChI is InChI=1S/C28H36N10O2/c1-3-35-10-12-36(13-11-35)22-6-4-21(5-7-22)34(2)28(39)38-9-8-23-24(20-18-30-26(29)31-19-20)32-27(33-25(23)38)37-14-16-40-17-15-37/h4-7,18-19H,3,8-17H2,1-2H3,(H2,29,30,31). The Hall–Kier alpha value is -4.03. The molecule has 3 aromatic rings. The Kier molecular flexibility index (Phi) is 7.35. The van der Waals surface area contributed by atoms with Gasteiger partial charge in [0.1, 0.15) is 5.82 Å². The number of rotatable bonds is 5. The summed E-state index contributed by atoms with van der Waals surface area (Å²) in [4.78, 5) is 42.4. The van der Waals surface area contributed by atoms with Gasteiger partial charge in [0.2, 0.25) is 11.9 Å². The smallest absolute Gasteiger partial charge is 0.329 e. The minimum atomic E-state index is -0.130. The van der Waals surface area contributed by atoms with Gasteiger partial charge in [0.15, 0.2) is 0 Å². The van der Waals surface area contributed by atoms with Crippen LogP contribution >= 0.6 is 0 Å². The summed E-state index contributed by atoms with van der Waals surface area (Å²) in [7, 11) is 1.81. The number of nitrogen functional groups attached to an aromatic ring is 1. The molecule has 2 amide bonds. The largest absolute Gasteiger partial charge is 0.378 e. The van der Waals surface area contributed by atoms with E-state index in [1.165, 1.54) is 5.69 Å². The highest BCUT2D eigenvalue weighted by Gasteiger charge is 2.33. The first-order valence-electron chi connectivity index (χ1n) is 14.0. The fourth-order valence-corrected chi connectivity index (χ4v) is 5.53. The number of carbonyl (C=O) groups excluding carboxylic acids is 1. The van der Waals surface area contributed by atoms with Gasteiger partial charge in [-0.05, 0) is 37.2 Å². The molecule has 3 aliphatic rings. The molecule has 3 aliphatic heterocycles. The van der Waals surface area contributed by atoms with Crippen LogP contribution in [-0.2, 0) is 11.2 Å².